The zero-order chi connectivity index (χ0) is 17.4. The van der Waals surface area contributed by atoms with Crippen molar-refractivity contribution in [2.75, 3.05) is 26.3 Å². The highest BCUT2D eigenvalue weighted by Crippen LogP contribution is 2.16. The molecule has 1 aromatic rings. The maximum absolute atomic E-state index is 12.3. The number of benzene rings is 1. The second-order valence-corrected chi connectivity index (χ2v) is 6.10. The van der Waals surface area contributed by atoms with Crippen molar-refractivity contribution >= 4 is 11.7 Å². The molecule has 5 heteroatoms. The lowest BCUT2D eigenvalue weighted by molar-refractivity contribution is -0.135. The summed E-state index contributed by atoms with van der Waals surface area (Å²) in [6.07, 6.45) is 3.36. The van der Waals surface area contributed by atoms with Crippen molar-refractivity contribution in [1.82, 2.24) is 4.90 Å². The van der Waals surface area contributed by atoms with Crippen molar-refractivity contribution in [3.63, 3.8) is 0 Å². The number of carbonyl (C=O) groups excluding carboxylic acids is 2. The van der Waals surface area contributed by atoms with E-state index >= 15 is 0 Å². The standard InChI is InChI=1S/C19H27NO4/c1-3-23-18-9-5-11-20(14-18)19(22)10-6-12-24-17-8-4-7-16(13-17)15(2)21/h4,7-8,13,18H,3,5-6,9-12,14H2,1-2H3/t18-/m0/s1. The number of carbonyl (C=O) groups is 2. The molecule has 0 spiro atoms. The third-order valence-corrected chi connectivity index (χ3v) is 4.18. The van der Waals surface area contributed by atoms with Gasteiger partial charge in [-0.15, -0.1) is 0 Å². The van der Waals surface area contributed by atoms with Crippen LogP contribution in [0.2, 0.25) is 0 Å². The largest absolute Gasteiger partial charge is 0.494 e. The molecule has 132 valence electrons. The molecule has 1 atom stereocenters. The molecule has 1 saturated heterocycles. The van der Waals surface area contributed by atoms with Crippen LogP contribution in [0.4, 0.5) is 0 Å². The van der Waals surface area contributed by atoms with Crippen LogP contribution in [0.25, 0.3) is 0 Å². The fourth-order valence-electron chi connectivity index (χ4n) is 2.91. The third kappa shape index (κ3) is 5.64. The average molecular weight is 333 g/mol. The molecule has 1 heterocycles. The number of ketones is 1. The normalized spacial score (nSPS) is 17.6. The molecule has 5 nitrogen and oxygen atoms in total. The Balaban J connectivity index is 1.71. The van der Waals surface area contributed by atoms with Crippen LogP contribution in [-0.4, -0.2) is 49.0 Å². The summed E-state index contributed by atoms with van der Waals surface area (Å²) in [6, 6.07) is 7.13. The van der Waals surface area contributed by atoms with Gasteiger partial charge in [0.2, 0.25) is 5.91 Å². The molecule has 1 aliphatic heterocycles. The summed E-state index contributed by atoms with van der Waals surface area (Å²) in [4.78, 5) is 25.5. The fraction of sp³-hybridized carbons (Fsp3) is 0.579. The van der Waals surface area contributed by atoms with Crippen molar-refractivity contribution in [3.8, 4) is 5.75 Å². The minimum Gasteiger partial charge on any atom is -0.494 e. The number of likely N-dealkylation sites (tertiary alicyclic amines) is 1. The number of ether oxygens (including phenoxy) is 2. The van der Waals surface area contributed by atoms with Crippen LogP contribution in [0.5, 0.6) is 5.75 Å². The number of piperidine rings is 1. The number of hydrogen-bond donors (Lipinski definition) is 0. The van der Waals surface area contributed by atoms with Gasteiger partial charge in [0.15, 0.2) is 5.78 Å². The van der Waals surface area contributed by atoms with Crippen LogP contribution in [-0.2, 0) is 9.53 Å². The van der Waals surface area contributed by atoms with Crippen LogP contribution in [0.15, 0.2) is 24.3 Å². The van der Waals surface area contributed by atoms with Crippen LogP contribution in [0.3, 0.4) is 0 Å². The molecule has 0 aromatic heterocycles. The predicted molar refractivity (Wildman–Crippen MR) is 92.4 cm³/mol. The lowest BCUT2D eigenvalue weighted by Crippen LogP contribution is -2.43. The van der Waals surface area contributed by atoms with Gasteiger partial charge in [-0.3, -0.25) is 9.59 Å². The average Bonchev–Trinajstić information content (AvgIpc) is 2.59. The Bertz CT molecular complexity index is 556. The maximum Gasteiger partial charge on any atom is 0.222 e. The number of amides is 1. The van der Waals surface area contributed by atoms with Gasteiger partial charge in [0, 0.05) is 31.7 Å². The van der Waals surface area contributed by atoms with E-state index < -0.39 is 0 Å². The first kappa shape index (κ1) is 18.5. The van der Waals surface area contributed by atoms with Gasteiger partial charge in [0.25, 0.3) is 0 Å². The molecule has 0 bridgehead atoms. The zero-order valence-corrected chi connectivity index (χ0v) is 14.6. The van der Waals surface area contributed by atoms with Gasteiger partial charge < -0.3 is 14.4 Å². The van der Waals surface area contributed by atoms with Gasteiger partial charge >= 0.3 is 0 Å². The van der Waals surface area contributed by atoms with E-state index in [1.807, 2.05) is 17.9 Å². The van der Waals surface area contributed by atoms with E-state index in [0.29, 0.717) is 43.9 Å². The van der Waals surface area contributed by atoms with Crippen molar-refractivity contribution in [3.05, 3.63) is 29.8 Å². The Morgan fingerprint density at radius 1 is 1.33 bits per heavy atom. The Morgan fingerprint density at radius 3 is 2.92 bits per heavy atom. The second kappa shape index (κ2) is 9.42. The van der Waals surface area contributed by atoms with Crippen LogP contribution in [0, 0.1) is 0 Å². The van der Waals surface area contributed by atoms with E-state index in [1.165, 1.54) is 6.92 Å². The van der Waals surface area contributed by atoms with E-state index in [4.69, 9.17) is 9.47 Å². The lowest BCUT2D eigenvalue weighted by Gasteiger charge is -2.32. The molecule has 1 aromatic carbocycles. The molecular weight excluding hydrogens is 306 g/mol. The summed E-state index contributed by atoms with van der Waals surface area (Å²) in [5.41, 5.74) is 0.638. The van der Waals surface area contributed by atoms with Crippen LogP contribution in [0.1, 0.15) is 49.9 Å². The monoisotopic (exact) mass is 333 g/mol. The summed E-state index contributed by atoms with van der Waals surface area (Å²) in [5, 5.41) is 0. The molecule has 0 aliphatic carbocycles. The summed E-state index contributed by atoms with van der Waals surface area (Å²) in [7, 11) is 0. The Hall–Kier alpha value is -1.88. The van der Waals surface area contributed by atoms with Crippen molar-refractivity contribution in [2.24, 2.45) is 0 Å². The van der Waals surface area contributed by atoms with Crippen LogP contribution >= 0.6 is 0 Å². The molecule has 1 fully saturated rings. The molecule has 1 aliphatic rings. The summed E-state index contributed by atoms with van der Waals surface area (Å²) in [6.45, 7) is 6.21. The van der Waals surface area contributed by atoms with E-state index in [2.05, 4.69) is 0 Å². The molecule has 0 radical (unpaired) electrons. The van der Waals surface area contributed by atoms with Gasteiger partial charge in [-0.2, -0.15) is 0 Å². The van der Waals surface area contributed by atoms with Crippen molar-refractivity contribution in [1.29, 1.82) is 0 Å². The first-order valence-corrected chi connectivity index (χ1v) is 8.73. The number of hydrogen-bond acceptors (Lipinski definition) is 4. The van der Waals surface area contributed by atoms with Crippen molar-refractivity contribution < 1.29 is 19.1 Å². The first-order valence-electron chi connectivity index (χ1n) is 8.73. The Morgan fingerprint density at radius 2 is 2.17 bits per heavy atom. The SMILES string of the molecule is CCO[C@H]1CCCN(C(=O)CCCOc2cccc(C(C)=O)c2)C1. The molecule has 1 amide bonds. The number of Topliss-reactive ketones (excluding diaryl/α,β-unsaturated/α-hetero) is 1. The third-order valence-electron chi connectivity index (χ3n) is 4.18. The zero-order valence-electron chi connectivity index (χ0n) is 14.6. The molecule has 0 saturated carbocycles. The minimum absolute atomic E-state index is 0.0181. The quantitative estimate of drug-likeness (QED) is 0.542. The van der Waals surface area contributed by atoms with E-state index in [9.17, 15) is 9.59 Å². The van der Waals surface area contributed by atoms with E-state index in [0.717, 1.165) is 19.4 Å². The molecule has 24 heavy (non-hydrogen) atoms. The molecule has 0 N–H and O–H groups in total. The van der Waals surface area contributed by atoms with Crippen LogP contribution < -0.4 is 4.74 Å². The Kier molecular flexibility index (Phi) is 7.25. The summed E-state index contributed by atoms with van der Waals surface area (Å²) in [5.74, 6) is 0.856. The van der Waals surface area contributed by atoms with E-state index in [-0.39, 0.29) is 17.8 Å². The minimum atomic E-state index is 0.0181. The summed E-state index contributed by atoms with van der Waals surface area (Å²) >= 11 is 0. The van der Waals surface area contributed by atoms with Gasteiger partial charge in [-0.05, 0) is 45.2 Å². The van der Waals surface area contributed by atoms with Gasteiger partial charge in [0.1, 0.15) is 5.75 Å². The van der Waals surface area contributed by atoms with Crippen molar-refractivity contribution in [2.45, 2.75) is 45.6 Å². The second-order valence-electron chi connectivity index (χ2n) is 6.10. The molecular formula is C19H27NO4. The Labute approximate surface area is 143 Å². The topological polar surface area (TPSA) is 55.8 Å². The fourth-order valence-corrected chi connectivity index (χ4v) is 2.91. The predicted octanol–water partition coefficient (Wildman–Crippen LogP) is 3.08. The molecule has 2 rings (SSSR count). The smallest absolute Gasteiger partial charge is 0.222 e. The summed E-state index contributed by atoms with van der Waals surface area (Å²) < 4.78 is 11.3. The highest BCUT2D eigenvalue weighted by atomic mass is 16.5. The molecule has 0 unspecified atom stereocenters. The highest BCUT2D eigenvalue weighted by Gasteiger charge is 2.23. The van der Waals surface area contributed by atoms with Gasteiger partial charge in [0.05, 0.1) is 12.7 Å². The number of nitrogens with zero attached hydrogens (tertiary/aromatic N) is 1. The van der Waals surface area contributed by atoms with E-state index in [1.54, 1.807) is 18.2 Å². The van der Waals surface area contributed by atoms with Gasteiger partial charge in [-0.1, -0.05) is 12.1 Å². The first-order chi connectivity index (χ1) is 11.6. The maximum atomic E-state index is 12.3. The van der Waals surface area contributed by atoms with Gasteiger partial charge in [-0.25, -0.2) is 0 Å². The lowest BCUT2D eigenvalue weighted by atomic mass is 10.1. The highest BCUT2D eigenvalue weighted by molar-refractivity contribution is 5.94. The number of rotatable bonds is 8.